The highest BCUT2D eigenvalue weighted by Gasteiger charge is 2.31. The van der Waals surface area contributed by atoms with Gasteiger partial charge in [-0.2, -0.15) is 4.31 Å². The molecule has 2 rings (SSSR count). The number of alkyl halides is 1. The molecule has 17 heavy (non-hydrogen) atoms. The highest BCUT2D eigenvalue weighted by molar-refractivity contribution is 7.89. The number of rotatable bonds is 4. The molecule has 0 aromatic carbocycles. The Morgan fingerprint density at radius 2 is 2.12 bits per heavy atom. The van der Waals surface area contributed by atoms with Gasteiger partial charge in [0.2, 0.25) is 10.0 Å². The molecule has 1 aromatic rings. The molecule has 96 valence electrons. The number of nitrogens with zero attached hydrogens (tertiary/aromatic N) is 1. The monoisotopic (exact) mass is 293 g/mol. The van der Waals surface area contributed by atoms with Gasteiger partial charge >= 0.3 is 0 Å². The van der Waals surface area contributed by atoms with E-state index in [1.54, 1.807) is 18.5 Å². The van der Waals surface area contributed by atoms with Crippen LogP contribution in [0.3, 0.4) is 0 Å². The van der Waals surface area contributed by atoms with Crippen LogP contribution < -0.4 is 0 Å². The number of hydrogen-bond acceptors (Lipinski definition) is 3. The fourth-order valence-electron chi connectivity index (χ4n) is 2.28. The lowest BCUT2D eigenvalue weighted by Gasteiger charge is -2.23. The number of halogens is 1. The highest BCUT2D eigenvalue weighted by Crippen LogP contribution is 2.31. The van der Waals surface area contributed by atoms with Crippen molar-refractivity contribution in [3.8, 4) is 0 Å². The molecule has 1 heterocycles. The van der Waals surface area contributed by atoms with Gasteiger partial charge in [0, 0.05) is 18.0 Å². The van der Waals surface area contributed by atoms with Crippen LogP contribution in [0.15, 0.2) is 16.3 Å². The molecule has 0 radical (unpaired) electrons. The first-order valence-corrected chi connectivity index (χ1v) is 8.53. The van der Waals surface area contributed by atoms with Crippen molar-refractivity contribution in [2.24, 2.45) is 0 Å². The normalized spacial score (nSPS) is 18.1. The Morgan fingerprint density at radius 3 is 2.71 bits per heavy atom. The molecule has 0 bridgehead atoms. The van der Waals surface area contributed by atoms with Crippen molar-refractivity contribution in [2.45, 2.75) is 42.5 Å². The van der Waals surface area contributed by atoms with Crippen molar-refractivity contribution in [1.82, 2.24) is 4.31 Å². The van der Waals surface area contributed by atoms with Gasteiger partial charge in [-0.15, -0.1) is 22.9 Å². The first-order valence-electron chi connectivity index (χ1n) is 5.67. The van der Waals surface area contributed by atoms with Crippen LogP contribution in [-0.2, 0) is 15.9 Å². The summed E-state index contributed by atoms with van der Waals surface area (Å²) in [7, 11) is -1.68. The summed E-state index contributed by atoms with van der Waals surface area (Å²) in [5.41, 5.74) is 0. The van der Waals surface area contributed by atoms with Crippen molar-refractivity contribution in [1.29, 1.82) is 0 Å². The smallest absolute Gasteiger partial charge is 0.207 e. The molecule has 3 nitrogen and oxygen atoms in total. The van der Waals surface area contributed by atoms with E-state index < -0.39 is 10.0 Å². The molecule has 0 N–H and O–H groups in total. The van der Waals surface area contributed by atoms with E-state index in [4.69, 9.17) is 11.6 Å². The van der Waals surface area contributed by atoms with Crippen LogP contribution >= 0.6 is 22.9 Å². The molecule has 1 fully saturated rings. The van der Waals surface area contributed by atoms with E-state index in [1.165, 1.54) is 15.6 Å². The second-order valence-electron chi connectivity index (χ2n) is 4.30. The predicted octanol–water partition coefficient (Wildman–Crippen LogP) is 3.05. The maximum absolute atomic E-state index is 12.4. The molecule has 1 aliphatic rings. The zero-order valence-corrected chi connectivity index (χ0v) is 12.1. The molecule has 0 unspecified atom stereocenters. The standard InChI is InChI=1S/C11H16ClNO2S2/c1-13(9-4-2-3-5-9)17(14,15)11-6-7-16-10(11)8-12/h6-7,9H,2-5,8H2,1H3. The Labute approximate surface area is 111 Å². The molecule has 0 atom stereocenters. The van der Waals surface area contributed by atoms with Gasteiger partial charge in [0.05, 0.1) is 10.8 Å². The summed E-state index contributed by atoms with van der Waals surface area (Å²) < 4.78 is 26.4. The van der Waals surface area contributed by atoms with Crippen LogP contribution in [0.25, 0.3) is 0 Å². The third-order valence-electron chi connectivity index (χ3n) is 3.32. The first-order chi connectivity index (χ1) is 8.07. The maximum Gasteiger partial charge on any atom is 0.244 e. The van der Waals surface area contributed by atoms with Crippen molar-refractivity contribution in [3.63, 3.8) is 0 Å². The third kappa shape index (κ3) is 2.52. The van der Waals surface area contributed by atoms with E-state index in [-0.39, 0.29) is 11.9 Å². The van der Waals surface area contributed by atoms with E-state index >= 15 is 0 Å². The van der Waals surface area contributed by atoms with Gasteiger partial charge in [0.1, 0.15) is 0 Å². The molecule has 0 spiro atoms. The molecular weight excluding hydrogens is 278 g/mol. The SMILES string of the molecule is CN(C1CCCC1)S(=O)(=O)c1ccsc1CCl. The Kier molecular flexibility index (Phi) is 4.13. The average molecular weight is 294 g/mol. The van der Waals surface area contributed by atoms with Gasteiger partial charge in [-0.05, 0) is 24.3 Å². The van der Waals surface area contributed by atoms with Gasteiger partial charge < -0.3 is 0 Å². The van der Waals surface area contributed by atoms with Crippen LogP contribution in [0.5, 0.6) is 0 Å². The highest BCUT2D eigenvalue weighted by atomic mass is 35.5. The van der Waals surface area contributed by atoms with Crippen molar-refractivity contribution < 1.29 is 8.42 Å². The molecule has 1 saturated carbocycles. The van der Waals surface area contributed by atoms with Crippen molar-refractivity contribution >= 4 is 33.0 Å². The Morgan fingerprint density at radius 1 is 1.47 bits per heavy atom. The van der Waals surface area contributed by atoms with Gasteiger partial charge in [0.15, 0.2) is 0 Å². The molecule has 0 amide bonds. The van der Waals surface area contributed by atoms with Gasteiger partial charge in [-0.1, -0.05) is 12.8 Å². The third-order valence-corrected chi connectivity index (χ3v) is 6.79. The van der Waals surface area contributed by atoms with Crippen LogP contribution in [0.1, 0.15) is 30.6 Å². The predicted molar refractivity (Wildman–Crippen MR) is 71.1 cm³/mol. The Hall–Kier alpha value is -0.100. The summed E-state index contributed by atoms with van der Waals surface area (Å²) in [5.74, 6) is 0.255. The number of hydrogen-bond donors (Lipinski definition) is 0. The van der Waals surface area contributed by atoms with Gasteiger partial charge in [-0.3, -0.25) is 0 Å². The zero-order chi connectivity index (χ0) is 12.5. The van der Waals surface area contributed by atoms with Crippen LogP contribution in [0.2, 0.25) is 0 Å². The fraction of sp³-hybridized carbons (Fsp3) is 0.636. The summed E-state index contributed by atoms with van der Waals surface area (Å²) >= 11 is 7.17. The van der Waals surface area contributed by atoms with Crippen LogP contribution in [0, 0.1) is 0 Å². The van der Waals surface area contributed by atoms with Crippen LogP contribution in [-0.4, -0.2) is 25.8 Å². The Balaban J connectivity index is 2.29. The van der Waals surface area contributed by atoms with E-state index in [2.05, 4.69) is 0 Å². The summed E-state index contributed by atoms with van der Waals surface area (Å²) in [6, 6.07) is 1.81. The summed E-state index contributed by atoms with van der Waals surface area (Å²) in [6.45, 7) is 0. The van der Waals surface area contributed by atoms with E-state index in [1.807, 2.05) is 0 Å². The molecule has 1 aliphatic carbocycles. The maximum atomic E-state index is 12.4. The molecule has 0 saturated heterocycles. The first kappa shape index (κ1) is 13.3. The summed E-state index contributed by atoms with van der Waals surface area (Å²) in [5, 5.41) is 1.78. The van der Waals surface area contributed by atoms with Gasteiger partial charge in [0.25, 0.3) is 0 Å². The Bertz CT molecular complexity index is 477. The number of thiophene rings is 1. The quantitative estimate of drug-likeness (QED) is 0.800. The van der Waals surface area contributed by atoms with Gasteiger partial charge in [-0.25, -0.2) is 8.42 Å². The summed E-state index contributed by atoms with van der Waals surface area (Å²) in [6.07, 6.45) is 4.18. The average Bonchev–Trinajstić information content (AvgIpc) is 2.98. The molecular formula is C11H16ClNO2S2. The van der Waals surface area contributed by atoms with E-state index in [9.17, 15) is 8.42 Å². The van der Waals surface area contributed by atoms with E-state index in [0.29, 0.717) is 4.90 Å². The number of sulfonamides is 1. The largest absolute Gasteiger partial charge is 0.244 e. The fourth-order valence-corrected chi connectivity index (χ4v) is 5.36. The topological polar surface area (TPSA) is 37.4 Å². The van der Waals surface area contributed by atoms with Crippen molar-refractivity contribution in [2.75, 3.05) is 7.05 Å². The molecule has 6 heteroatoms. The lowest BCUT2D eigenvalue weighted by Crippen LogP contribution is -2.35. The lowest BCUT2D eigenvalue weighted by molar-refractivity contribution is 0.373. The second kappa shape index (κ2) is 5.26. The van der Waals surface area contributed by atoms with E-state index in [0.717, 1.165) is 30.6 Å². The van der Waals surface area contributed by atoms with Crippen LogP contribution in [0.4, 0.5) is 0 Å². The minimum atomic E-state index is -3.36. The minimum Gasteiger partial charge on any atom is -0.207 e. The zero-order valence-electron chi connectivity index (χ0n) is 9.73. The molecule has 0 aliphatic heterocycles. The second-order valence-corrected chi connectivity index (χ2v) is 7.54. The molecule has 1 aromatic heterocycles. The lowest BCUT2D eigenvalue weighted by atomic mass is 10.3. The van der Waals surface area contributed by atoms with Crippen molar-refractivity contribution in [3.05, 3.63) is 16.3 Å². The summed E-state index contributed by atoms with van der Waals surface area (Å²) in [4.78, 5) is 1.11. The minimum absolute atomic E-state index is 0.156.